The van der Waals surface area contributed by atoms with Gasteiger partial charge in [-0.25, -0.2) is 4.79 Å². The van der Waals surface area contributed by atoms with Gasteiger partial charge in [-0.3, -0.25) is 19.3 Å². The summed E-state index contributed by atoms with van der Waals surface area (Å²) in [6, 6.07) is 13.1. The van der Waals surface area contributed by atoms with E-state index < -0.39 is 22.9 Å². The normalized spacial score (nSPS) is 18.7. The third-order valence-corrected chi connectivity index (χ3v) is 5.35. The van der Waals surface area contributed by atoms with Crippen LogP contribution in [0.3, 0.4) is 0 Å². The first-order chi connectivity index (χ1) is 14.4. The molecule has 1 fully saturated rings. The van der Waals surface area contributed by atoms with E-state index in [1.54, 1.807) is 43.3 Å². The first-order valence-electron chi connectivity index (χ1n) is 10.1. The highest BCUT2D eigenvalue weighted by molar-refractivity contribution is 6.11. The maximum absolute atomic E-state index is 13.0. The van der Waals surface area contributed by atoms with E-state index in [1.165, 1.54) is 0 Å². The van der Waals surface area contributed by atoms with E-state index in [-0.39, 0.29) is 18.2 Å². The lowest BCUT2D eigenvalue weighted by Crippen LogP contribution is -2.41. The molecule has 7 nitrogen and oxygen atoms in total. The predicted molar refractivity (Wildman–Crippen MR) is 118 cm³/mol. The van der Waals surface area contributed by atoms with Crippen molar-refractivity contribution in [1.82, 2.24) is 10.2 Å². The number of anilines is 1. The van der Waals surface area contributed by atoms with E-state index in [0.717, 1.165) is 10.5 Å². The van der Waals surface area contributed by atoms with Crippen LogP contribution < -0.4 is 10.6 Å². The summed E-state index contributed by atoms with van der Waals surface area (Å²) in [6.45, 7) is 8.63. The number of imide groups is 1. The van der Waals surface area contributed by atoms with Gasteiger partial charge in [-0.05, 0) is 43.7 Å². The number of carbonyl (C=O) groups excluding carboxylic acids is 4. The zero-order valence-electron chi connectivity index (χ0n) is 18.4. The number of carbonyl (C=O) groups is 4. The Bertz CT molecular complexity index is 1040. The van der Waals surface area contributed by atoms with Gasteiger partial charge in [0.15, 0.2) is 5.78 Å². The van der Waals surface area contributed by atoms with E-state index in [1.807, 2.05) is 39.8 Å². The Labute approximate surface area is 181 Å². The van der Waals surface area contributed by atoms with Crippen LogP contribution >= 0.6 is 0 Å². The van der Waals surface area contributed by atoms with Crippen LogP contribution in [0.1, 0.15) is 49.2 Å². The van der Waals surface area contributed by atoms with Crippen molar-refractivity contribution in [3.8, 4) is 0 Å². The van der Waals surface area contributed by atoms with Crippen LogP contribution in [0.4, 0.5) is 10.5 Å². The second kappa shape index (κ2) is 7.98. The molecule has 0 aromatic heterocycles. The maximum atomic E-state index is 13.0. The summed E-state index contributed by atoms with van der Waals surface area (Å²) in [5.41, 5.74) is 0.856. The third kappa shape index (κ3) is 4.50. The number of benzene rings is 2. The molecule has 7 heteroatoms. The second-order valence-electron chi connectivity index (χ2n) is 9.02. The van der Waals surface area contributed by atoms with Crippen LogP contribution in [0.25, 0.3) is 0 Å². The fourth-order valence-electron chi connectivity index (χ4n) is 3.22. The van der Waals surface area contributed by atoms with Gasteiger partial charge in [-0.1, -0.05) is 50.6 Å². The molecule has 1 atom stereocenters. The van der Waals surface area contributed by atoms with Gasteiger partial charge in [0.25, 0.3) is 5.91 Å². The van der Waals surface area contributed by atoms with E-state index in [0.29, 0.717) is 16.8 Å². The van der Waals surface area contributed by atoms with Crippen LogP contribution in [-0.2, 0) is 15.1 Å². The number of hydrogen-bond acceptors (Lipinski definition) is 4. The number of aryl methyl sites for hydroxylation is 1. The molecule has 31 heavy (non-hydrogen) atoms. The zero-order valence-corrected chi connectivity index (χ0v) is 18.4. The molecular weight excluding hydrogens is 394 g/mol. The molecule has 2 N–H and O–H groups in total. The number of nitrogens with one attached hydrogen (secondary N) is 2. The highest BCUT2D eigenvalue weighted by Gasteiger charge is 2.49. The minimum absolute atomic E-state index is 0.138. The fourth-order valence-corrected chi connectivity index (χ4v) is 3.22. The highest BCUT2D eigenvalue weighted by atomic mass is 16.2. The number of nitrogens with zero attached hydrogens (tertiary/aromatic N) is 1. The average Bonchev–Trinajstić information content (AvgIpc) is 2.92. The van der Waals surface area contributed by atoms with Crippen LogP contribution in [0.5, 0.6) is 0 Å². The molecule has 2 aromatic rings. The predicted octanol–water partition coefficient (Wildman–Crippen LogP) is 3.63. The molecule has 3 rings (SSSR count). The lowest BCUT2D eigenvalue weighted by molar-refractivity contribution is -0.130. The van der Waals surface area contributed by atoms with Crippen LogP contribution in [-0.4, -0.2) is 35.1 Å². The quantitative estimate of drug-likeness (QED) is 0.569. The molecular formula is C24H27N3O4. The van der Waals surface area contributed by atoms with E-state index in [2.05, 4.69) is 10.6 Å². The Kier molecular flexibility index (Phi) is 5.72. The minimum atomic E-state index is -1.22. The van der Waals surface area contributed by atoms with E-state index in [9.17, 15) is 19.2 Å². The SMILES string of the molecule is Cc1ccc(C2(C)NC(=O)N(CC(=O)c3ccc(NC(=O)C(C)(C)C)cc3)C2=O)cc1. The van der Waals surface area contributed by atoms with Crippen molar-refractivity contribution >= 4 is 29.3 Å². The molecule has 0 bridgehead atoms. The van der Waals surface area contributed by atoms with E-state index in [4.69, 9.17) is 0 Å². The molecule has 4 amide bonds. The molecule has 1 saturated heterocycles. The third-order valence-electron chi connectivity index (χ3n) is 5.35. The first-order valence-corrected chi connectivity index (χ1v) is 10.1. The van der Waals surface area contributed by atoms with Crippen molar-refractivity contribution in [2.75, 3.05) is 11.9 Å². The van der Waals surface area contributed by atoms with Crippen molar-refractivity contribution < 1.29 is 19.2 Å². The van der Waals surface area contributed by atoms with Crippen molar-refractivity contribution in [2.24, 2.45) is 5.41 Å². The standard InChI is InChI=1S/C24H27N3O4/c1-15-6-10-17(11-7-15)24(5)21(30)27(22(31)26-24)14-19(28)16-8-12-18(13-9-16)25-20(29)23(2,3)4/h6-13H,14H2,1-5H3,(H,25,29)(H,26,31). The summed E-state index contributed by atoms with van der Waals surface area (Å²) in [7, 11) is 0. The van der Waals surface area contributed by atoms with Gasteiger partial charge in [0.1, 0.15) is 5.54 Å². The van der Waals surface area contributed by atoms with Crippen molar-refractivity contribution in [1.29, 1.82) is 0 Å². The zero-order chi connectivity index (χ0) is 23.0. The van der Waals surface area contributed by atoms with Crippen LogP contribution in [0, 0.1) is 12.3 Å². The van der Waals surface area contributed by atoms with Gasteiger partial charge in [0.05, 0.1) is 6.54 Å². The molecule has 1 aliphatic rings. The van der Waals surface area contributed by atoms with Gasteiger partial charge in [-0.2, -0.15) is 0 Å². The maximum Gasteiger partial charge on any atom is 0.325 e. The second-order valence-corrected chi connectivity index (χ2v) is 9.02. The minimum Gasteiger partial charge on any atom is -0.326 e. The number of ketones is 1. The number of hydrogen-bond donors (Lipinski definition) is 2. The number of rotatable bonds is 5. The average molecular weight is 421 g/mol. The van der Waals surface area contributed by atoms with Gasteiger partial charge in [0.2, 0.25) is 5.91 Å². The van der Waals surface area contributed by atoms with Crippen molar-refractivity contribution in [3.63, 3.8) is 0 Å². The van der Waals surface area contributed by atoms with E-state index >= 15 is 0 Å². The lowest BCUT2D eigenvalue weighted by Gasteiger charge is -2.22. The van der Waals surface area contributed by atoms with Gasteiger partial charge in [-0.15, -0.1) is 0 Å². The Morgan fingerprint density at radius 1 is 1.00 bits per heavy atom. The Morgan fingerprint density at radius 2 is 1.58 bits per heavy atom. The summed E-state index contributed by atoms with van der Waals surface area (Å²) >= 11 is 0. The summed E-state index contributed by atoms with van der Waals surface area (Å²) in [5.74, 6) is -0.976. The summed E-state index contributed by atoms with van der Waals surface area (Å²) < 4.78 is 0. The molecule has 0 radical (unpaired) electrons. The Hall–Kier alpha value is -3.48. The molecule has 1 aliphatic heterocycles. The smallest absolute Gasteiger partial charge is 0.325 e. The molecule has 1 heterocycles. The Balaban J connectivity index is 1.71. The fraction of sp³-hybridized carbons (Fsp3) is 0.333. The monoisotopic (exact) mass is 421 g/mol. The molecule has 2 aromatic carbocycles. The molecule has 0 aliphatic carbocycles. The molecule has 0 spiro atoms. The van der Waals surface area contributed by atoms with Crippen molar-refractivity contribution in [2.45, 2.75) is 40.2 Å². The highest BCUT2D eigenvalue weighted by Crippen LogP contribution is 2.29. The number of amides is 4. The van der Waals surface area contributed by atoms with Crippen LogP contribution in [0.15, 0.2) is 48.5 Å². The Morgan fingerprint density at radius 3 is 2.13 bits per heavy atom. The number of urea groups is 1. The first kappa shape index (κ1) is 22.2. The van der Waals surface area contributed by atoms with Gasteiger partial charge in [0, 0.05) is 16.7 Å². The molecule has 1 unspecified atom stereocenters. The summed E-state index contributed by atoms with van der Waals surface area (Å²) in [5, 5.41) is 5.49. The number of Topliss-reactive ketones (excluding diaryl/α,β-unsaturated/α-hetero) is 1. The molecule has 0 saturated carbocycles. The van der Waals surface area contributed by atoms with Gasteiger partial charge < -0.3 is 10.6 Å². The summed E-state index contributed by atoms with van der Waals surface area (Å²) in [4.78, 5) is 51.2. The lowest BCUT2D eigenvalue weighted by atomic mass is 9.91. The summed E-state index contributed by atoms with van der Waals surface area (Å²) in [6.07, 6.45) is 0. The van der Waals surface area contributed by atoms with Gasteiger partial charge >= 0.3 is 6.03 Å². The van der Waals surface area contributed by atoms with Crippen molar-refractivity contribution in [3.05, 3.63) is 65.2 Å². The topological polar surface area (TPSA) is 95.6 Å². The van der Waals surface area contributed by atoms with Crippen LogP contribution in [0.2, 0.25) is 0 Å². The molecule has 162 valence electrons. The largest absolute Gasteiger partial charge is 0.326 e.